The molecule has 0 bridgehead atoms. The highest BCUT2D eigenvalue weighted by atomic mass is 16.6. The molecular formula is C14H17NO4. The lowest BCUT2D eigenvalue weighted by molar-refractivity contribution is -0.384. The molecule has 1 N–H and O–H groups in total. The van der Waals surface area contributed by atoms with Crippen molar-refractivity contribution < 1.29 is 14.8 Å². The number of rotatable bonds is 4. The summed E-state index contributed by atoms with van der Waals surface area (Å²) < 4.78 is 0. The Morgan fingerprint density at radius 1 is 1.26 bits per heavy atom. The molecule has 1 aromatic rings. The maximum absolute atomic E-state index is 10.9. The van der Waals surface area contributed by atoms with E-state index < -0.39 is 10.9 Å². The zero-order valence-electron chi connectivity index (χ0n) is 10.6. The third-order valence-corrected chi connectivity index (χ3v) is 3.88. The normalized spacial score (nSPS) is 22.9. The van der Waals surface area contributed by atoms with E-state index in [1.165, 1.54) is 12.1 Å². The molecule has 1 aliphatic carbocycles. The van der Waals surface area contributed by atoms with E-state index in [4.69, 9.17) is 5.11 Å². The Hall–Kier alpha value is -1.91. The van der Waals surface area contributed by atoms with Crippen LogP contribution in [0, 0.1) is 16.0 Å². The first-order valence-electron chi connectivity index (χ1n) is 6.54. The van der Waals surface area contributed by atoms with Crippen LogP contribution in [0.25, 0.3) is 0 Å². The molecular weight excluding hydrogens is 246 g/mol. The highest BCUT2D eigenvalue weighted by Crippen LogP contribution is 2.39. The van der Waals surface area contributed by atoms with E-state index in [1.54, 1.807) is 12.1 Å². The number of non-ortho nitro benzene ring substituents is 1. The zero-order chi connectivity index (χ0) is 13.8. The standard InChI is InChI=1S/C14H17NO4/c16-14(17)9-11-3-1-2-4-13(11)10-5-7-12(8-6-10)15(18)19/h5-8,11,13H,1-4,9H2,(H,16,17). The van der Waals surface area contributed by atoms with E-state index >= 15 is 0 Å². The lowest BCUT2D eigenvalue weighted by Gasteiger charge is -2.30. The predicted octanol–water partition coefficient (Wildman–Crippen LogP) is 3.34. The van der Waals surface area contributed by atoms with Crippen molar-refractivity contribution in [3.05, 3.63) is 39.9 Å². The Morgan fingerprint density at radius 3 is 2.47 bits per heavy atom. The summed E-state index contributed by atoms with van der Waals surface area (Å²) in [7, 11) is 0. The summed E-state index contributed by atoms with van der Waals surface area (Å²) in [5.74, 6) is -0.405. The summed E-state index contributed by atoms with van der Waals surface area (Å²) in [5, 5.41) is 19.6. The van der Waals surface area contributed by atoms with Gasteiger partial charge in [-0.2, -0.15) is 0 Å². The van der Waals surface area contributed by atoms with Crippen LogP contribution in [-0.2, 0) is 4.79 Å². The van der Waals surface area contributed by atoms with Crippen molar-refractivity contribution in [1.29, 1.82) is 0 Å². The molecule has 0 heterocycles. The molecule has 0 aromatic heterocycles. The fourth-order valence-corrected chi connectivity index (χ4v) is 2.96. The molecule has 1 saturated carbocycles. The number of carbonyl (C=O) groups is 1. The van der Waals surface area contributed by atoms with E-state index in [9.17, 15) is 14.9 Å². The summed E-state index contributed by atoms with van der Waals surface area (Å²) in [6, 6.07) is 6.54. The number of hydrogen-bond acceptors (Lipinski definition) is 3. The number of carboxylic acid groups (broad SMARTS) is 1. The van der Waals surface area contributed by atoms with Gasteiger partial charge < -0.3 is 5.11 Å². The van der Waals surface area contributed by atoms with Crippen molar-refractivity contribution in [3.8, 4) is 0 Å². The van der Waals surface area contributed by atoms with Crippen LogP contribution in [0.4, 0.5) is 5.69 Å². The molecule has 102 valence electrons. The minimum absolute atomic E-state index is 0.0781. The second-order valence-electron chi connectivity index (χ2n) is 5.10. The molecule has 1 fully saturated rings. The van der Waals surface area contributed by atoms with Gasteiger partial charge in [-0.1, -0.05) is 25.0 Å². The second kappa shape index (κ2) is 5.82. The lowest BCUT2D eigenvalue weighted by atomic mass is 9.74. The van der Waals surface area contributed by atoms with Crippen molar-refractivity contribution in [2.75, 3.05) is 0 Å². The second-order valence-corrected chi connectivity index (χ2v) is 5.10. The van der Waals surface area contributed by atoms with E-state index in [0.717, 1.165) is 31.2 Å². The van der Waals surface area contributed by atoms with Gasteiger partial charge in [-0.3, -0.25) is 14.9 Å². The number of nitrogens with zero attached hydrogens (tertiary/aromatic N) is 1. The molecule has 0 aliphatic heterocycles. The van der Waals surface area contributed by atoms with Crippen molar-refractivity contribution in [2.45, 2.75) is 38.0 Å². The van der Waals surface area contributed by atoms with Crippen LogP contribution < -0.4 is 0 Å². The van der Waals surface area contributed by atoms with E-state index in [1.807, 2.05) is 0 Å². The van der Waals surface area contributed by atoms with Crippen LogP contribution in [-0.4, -0.2) is 16.0 Å². The predicted molar refractivity (Wildman–Crippen MR) is 70.0 cm³/mol. The summed E-state index contributed by atoms with van der Waals surface area (Å²) in [5.41, 5.74) is 1.10. The largest absolute Gasteiger partial charge is 0.481 e. The number of benzene rings is 1. The van der Waals surface area contributed by atoms with Gasteiger partial charge in [0, 0.05) is 18.6 Å². The number of nitro groups is 1. The summed E-state index contributed by atoms with van der Waals surface area (Å²) in [6.45, 7) is 0. The number of nitro benzene ring substituents is 1. The van der Waals surface area contributed by atoms with Gasteiger partial charge in [-0.05, 0) is 30.2 Å². The van der Waals surface area contributed by atoms with E-state index in [2.05, 4.69) is 0 Å². The van der Waals surface area contributed by atoms with E-state index in [-0.39, 0.29) is 23.9 Å². The van der Waals surface area contributed by atoms with Crippen molar-refractivity contribution >= 4 is 11.7 Å². The summed E-state index contributed by atoms with van der Waals surface area (Å²) >= 11 is 0. The first kappa shape index (κ1) is 13.5. The molecule has 5 nitrogen and oxygen atoms in total. The van der Waals surface area contributed by atoms with Gasteiger partial charge in [-0.15, -0.1) is 0 Å². The molecule has 1 aliphatic rings. The van der Waals surface area contributed by atoms with Gasteiger partial charge in [0.25, 0.3) is 5.69 Å². The fraction of sp³-hybridized carbons (Fsp3) is 0.500. The van der Waals surface area contributed by atoms with Crippen LogP contribution >= 0.6 is 0 Å². The van der Waals surface area contributed by atoms with Crippen LogP contribution in [0.1, 0.15) is 43.6 Å². The molecule has 5 heteroatoms. The number of aliphatic carboxylic acids is 1. The average Bonchev–Trinajstić information content (AvgIpc) is 2.39. The molecule has 0 radical (unpaired) electrons. The fourth-order valence-electron chi connectivity index (χ4n) is 2.96. The molecule has 1 aromatic carbocycles. The van der Waals surface area contributed by atoms with Gasteiger partial charge in [0.15, 0.2) is 0 Å². The quantitative estimate of drug-likeness (QED) is 0.667. The van der Waals surface area contributed by atoms with Gasteiger partial charge in [0.1, 0.15) is 0 Å². The molecule has 0 amide bonds. The van der Waals surface area contributed by atoms with Crippen LogP contribution in [0.15, 0.2) is 24.3 Å². The topological polar surface area (TPSA) is 80.4 Å². The lowest BCUT2D eigenvalue weighted by Crippen LogP contribution is -2.20. The maximum Gasteiger partial charge on any atom is 0.303 e. The van der Waals surface area contributed by atoms with Crippen LogP contribution in [0.5, 0.6) is 0 Å². The van der Waals surface area contributed by atoms with Gasteiger partial charge in [-0.25, -0.2) is 0 Å². The van der Waals surface area contributed by atoms with Gasteiger partial charge in [0.05, 0.1) is 4.92 Å². The summed E-state index contributed by atoms with van der Waals surface area (Å²) in [4.78, 5) is 21.1. The van der Waals surface area contributed by atoms with Gasteiger partial charge >= 0.3 is 5.97 Å². The molecule has 19 heavy (non-hydrogen) atoms. The Kier molecular flexibility index (Phi) is 4.14. The van der Waals surface area contributed by atoms with Crippen molar-refractivity contribution in [3.63, 3.8) is 0 Å². The van der Waals surface area contributed by atoms with Crippen molar-refractivity contribution in [2.24, 2.45) is 5.92 Å². The monoisotopic (exact) mass is 263 g/mol. The molecule has 2 atom stereocenters. The van der Waals surface area contributed by atoms with Crippen LogP contribution in [0.3, 0.4) is 0 Å². The minimum atomic E-state index is -0.765. The molecule has 0 spiro atoms. The van der Waals surface area contributed by atoms with Gasteiger partial charge in [0.2, 0.25) is 0 Å². The van der Waals surface area contributed by atoms with Crippen molar-refractivity contribution in [1.82, 2.24) is 0 Å². The first-order chi connectivity index (χ1) is 9.08. The average molecular weight is 263 g/mol. The minimum Gasteiger partial charge on any atom is -0.481 e. The number of hydrogen-bond donors (Lipinski definition) is 1. The molecule has 2 unspecified atom stereocenters. The highest BCUT2D eigenvalue weighted by Gasteiger charge is 2.28. The highest BCUT2D eigenvalue weighted by molar-refractivity contribution is 5.67. The zero-order valence-corrected chi connectivity index (χ0v) is 10.6. The Morgan fingerprint density at radius 2 is 1.89 bits per heavy atom. The third kappa shape index (κ3) is 3.30. The Bertz CT molecular complexity index is 469. The smallest absolute Gasteiger partial charge is 0.303 e. The van der Waals surface area contributed by atoms with E-state index in [0.29, 0.717) is 0 Å². The third-order valence-electron chi connectivity index (χ3n) is 3.88. The molecule has 2 rings (SSSR count). The maximum atomic E-state index is 10.9. The Labute approximate surface area is 111 Å². The SMILES string of the molecule is O=C(O)CC1CCCCC1c1ccc([N+](=O)[O-])cc1. The summed E-state index contributed by atoms with van der Waals surface area (Å²) in [6.07, 6.45) is 4.24. The first-order valence-corrected chi connectivity index (χ1v) is 6.54. The van der Waals surface area contributed by atoms with Crippen LogP contribution in [0.2, 0.25) is 0 Å². The molecule has 0 saturated heterocycles. The number of carboxylic acids is 1. The Balaban J connectivity index is 2.17.